The van der Waals surface area contributed by atoms with E-state index in [9.17, 15) is 0 Å². The molecule has 4 heteroatoms. The first-order chi connectivity index (χ1) is 7.31. The lowest BCUT2D eigenvalue weighted by molar-refractivity contribution is 0.244. The molecule has 0 aliphatic carbocycles. The molecule has 0 aromatic carbocycles. The number of fused-ring (bicyclic) bond motifs is 1. The first-order valence-electron chi connectivity index (χ1n) is 4.98. The number of aliphatic hydroxyl groups excluding tert-OH is 1. The quantitative estimate of drug-likeness (QED) is 0.834. The number of hydrogen-bond acceptors (Lipinski definition) is 4. The number of hydrogen-bond donors (Lipinski definition) is 2. The number of aliphatic hydroxyl groups is 1. The van der Waals surface area contributed by atoms with Gasteiger partial charge in [-0.15, -0.1) is 11.3 Å². The van der Waals surface area contributed by atoms with E-state index in [-0.39, 0.29) is 12.5 Å². The zero-order valence-corrected chi connectivity index (χ0v) is 9.42. The van der Waals surface area contributed by atoms with Crippen LogP contribution in [0.25, 0.3) is 10.1 Å². The molecule has 0 spiro atoms. The van der Waals surface area contributed by atoms with Gasteiger partial charge in [0.2, 0.25) is 0 Å². The maximum atomic E-state index is 8.93. The standard InChI is InChI=1S/C11H14N2OS/c1-8(7-14)6-13-11-9-3-5-15-10(9)2-4-12-11/h2-5,8,14H,6-7H2,1H3,(H,12,13). The number of rotatable bonds is 4. The third kappa shape index (κ3) is 2.27. The minimum Gasteiger partial charge on any atom is -0.396 e. The molecule has 2 rings (SSSR count). The molecule has 1 unspecified atom stereocenters. The van der Waals surface area contributed by atoms with E-state index in [0.717, 1.165) is 17.7 Å². The van der Waals surface area contributed by atoms with Gasteiger partial charge in [-0.05, 0) is 23.4 Å². The van der Waals surface area contributed by atoms with Gasteiger partial charge >= 0.3 is 0 Å². The van der Waals surface area contributed by atoms with Gasteiger partial charge in [0.25, 0.3) is 0 Å². The second-order valence-electron chi connectivity index (χ2n) is 3.66. The van der Waals surface area contributed by atoms with E-state index in [2.05, 4.69) is 21.7 Å². The van der Waals surface area contributed by atoms with Crippen LogP contribution < -0.4 is 5.32 Å². The molecular weight excluding hydrogens is 208 g/mol. The summed E-state index contributed by atoms with van der Waals surface area (Å²) in [5.74, 6) is 1.16. The number of nitrogens with one attached hydrogen (secondary N) is 1. The summed E-state index contributed by atoms with van der Waals surface area (Å²) in [5.41, 5.74) is 0. The lowest BCUT2D eigenvalue weighted by atomic mass is 10.2. The molecule has 0 aliphatic rings. The molecule has 0 amide bonds. The van der Waals surface area contributed by atoms with E-state index in [1.165, 1.54) is 4.70 Å². The van der Waals surface area contributed by atoms with E-state index in [1.807, 2.05) is 19.2 Å². The zero-order chi connectivity index (χ0) is 10.7. The monoisotopic (exact) mass is 222 g/mol. The van der Waals surface area contributed by atoms with Crippen LogP contribution in [0.15, 0.2) is 23.7 Å². The van der Waals surface area contributed by atoms with E-state index in [0.29, 0.717) is 0 Å². The van der Waals surface area contributed by atoms with Crippen molar-refractivity contribution in [2.24, 2.45) is 5.92 Å². The Morgan fingerprint density at radius 3 is 3.20 bits per heavy atom. The van der Waals surface area contributed by atoms with Gasteiger partial charge in [-0.1, -0.05) is 6.92 Å². The van der Waals surface area contributed by atoms with Gasteiger partial charge in [-0.3, -0.25) is 0 Å². The van der Waals surface area contributed by atoms with E-state index in [4.69, 9.17) is 5.11 Å². The van der Waals surface area contributed by atoms with E-state index in [1.54, 1.807) is 11.3 Å². The van der Waals surface area contributed by atoms with Gasteiger partial charge < -0.3 is 10.4 Å². The predicted molar refractivity (Wildman–Crippen MR) is 64.4 cm³/mol. The van der Waals surface area contributed by atoms with Gasteiger partial charge in [-0.25, -0.2) is 4.98 Å². The molecule has 0 aliphatic heterocycles. The molecule has 15 heavy (non-hydrogen) atoms. The smallest absolute Gasteiger partial charge is 0.134 e. The van der Waals surface area contributed by atoms with Crippen molar-refractivity contribution in [2.45, 2.75) is 6.92 Å². The predicted octanol–water partition coefficient (Wildman–Crippen LogP) is 2.34. The number of thiophene rings is 1. The van der Waals surface area contributed by atoms with Gasteiger partial charge in [0.05, 0.1) is 0 Å². The molecule has 2 N–H and O–H groups in total. The van der Waals surface area contributed by atoms with Crippen molar-refractivity contribution in [1.82, 2.24) is 4.98 Å². The topological polar surface area (TPSA) is 45.1 Å². The summed E-state index contributed by atoms with van der Waals surface area (Å²) >= 11 is 1.71. The third-order valence-corrected chi connectivity index (χ3v) is 3.19. The number of aromatic nitrogens is 1. The Labute approximate surface area is 92.8 Å². The second-order valence-corrected chi connectivity index (χ2v) is 4.61. The van der Waals surface area contributed by atoms with Crippen LogP contribution >= 0.6 is 11.3 Å². The molecule has 0 fully saturated rings. The van der Waals surface area contributed by atoms with Gasteiger partial charge in [0, 0.05) is 29.4 Å². The van der Waals surface area contributed by atoms with Crippen LogP contribution in [0.3, 0.4) is 0 Å². The van der Waals surface area contributed by atoms with E-state index >= 15 is 0 Å². The van der Waals surface area contributed by atoms with Crippen molar-refractivity contribution < 1.29 is 5.11 Å². The molecule has 2 heterocycles. The highest BCUT2D eigenvalue weighted by atomic mass is 32.1. The highest BCUT2D eigenvalue weighted by Gasteiger charge is 2.04. The fourth-order valence-corrected chi connectivity index (χ4v) is 2.15. The molecule has 2 aromatic rings. The summed E-state index contributed by atoms with van der Waals surface area (Å²) in [6.45, 7) is 2.95. The maximum absolute atomic E-state index is 8.93. The zero-order valence-electron chi connectivity index (χ0n) is 8.60. The molecule has 0 saturated heterocycles. The molecule has 0 bridgehead atoms. The average molecular weight is 222 g/mol. The Balaban J connectivity index is 2.17. The van der Waals surface area contributed by atoms with Crippen LogP contribution in [0.2, 0.25) is 0 Å². The third-order valence-electron chi connectivity index (χ3n) is 2.31. The van der Waals surface area contributed by atoms with Crippen molar-refractivity contribution in [3.63, 3.8) is 0 Å². The molecule has 80 valence electrons. The second kappa shape index (κ2) is 4.59. The van der Waals surface area contributed by atoms with Crippen LogP contribution in [0.5, 0.6) is 0 Å². The first-order valence-corrected chi connectivity index (χ1v) is 5.86. The number of anilines is 1. The largest absolute Gasteiger partial charge is 0.396 e. The van der Waals surface area contributed by atoms with Crippen molar-refractivity contribution in [2.75, 3.05) is 18.5 Å². The summed E-state index contributed by atoms with van der Waals surface area (Å²) in [6.07, 6.45) is 1.81. The molecular formula is C11H14N2OS. The van der Waals surface area contributed by atoms with Crippen molar-refractivity contribution in [3.8, 4) is 0 Å². The molecule has 3 nitrogen and oxygen atoms in total. The minimum absolute atomic E-state index is 0.201. The highest BCUT2D eigenvalue weighted by Crippen LogP contribution is 2.25. The molecule has 2 aromatic heterocycles. The first kappa shape index (κ1) is 10.4. The summed E-state index contributed by atoms with van der Waals surface area (Å²) in [5, 5.41) is 15.4. The molecule has 0 radical (unpaired) electrons. The molecule has 0 saturated carbocycles. The Bertz CT molecular complexity index is 441. The van der Waals surface area contributed by atoms with Crippen molar-refractivity contribution >= 4 is 27.2 Å². The Hall–Kier alpha value is -1.13. The van der Waals surface area contributed by atoms with Crippen LogP contribution in [0.4, 0.5) is 5.82 Å². The Morgan fingerprint density at radius 1 is 1.53 bits per heavy atom. The summed E-state index contributed by atoms with van der Waals surface area (Å²) in [4.78, 5) is 4.30. The van der Waals surface area contributed by atoms with Gasteiger partial charge in [-0.2, -0.15) is 0 Å². The lowest BCUT2D eigenvalue weighted by Gasteiger charge is -2.10. The van der Waals surface area contributed by atoms with Crippen LogP contribution in [-0.2, 0) is 0 Å². The number of nitrogens with zero attached hydrogens (tertiary/aromatic N) is 1. The fraction of sp³-hybridized carbons (Fsp3) is 0.364. The Kier molecular flexibility index (Phi) is 3.18. The van der Waals surface area contributed by atoms with Gasteiger partial charge in [0.1, 0.15) is 5.82 Å². The van der Waals surface area contributed by atoms with Crippen LogP contribution in [0, 0.1) is 5.92 Å². The van der Waals surface area contributed by atoms with E-state index < -0.39 is 0 Å². The summed E-state index contributed by atoms with van der Waals surface area (Å²) in [6, 6.07) is 4.08. The Morgan fingerprint density at radius 2 is 2.40 bits per heavy atom. The lowest BCUT2D eigenvalue weighted by Crippen LogP contribution is -2.15. The summed E-state index contributed by atoms with van der Waals surface area (Å²) in [7, 11) is 0. The maximum Gasteiger partial charge on any atom is 0.134 e. The average Bonchev–Trinajstić information content (AvgIpc) is 2.74. The summed E-state index contributed by atoms with van der Waals surface area (Å²) < 4.78 is 1.24. The molecule has 1 atom stereocenters. The highest BCUT2D eigenvalue weighted by molar-refractivity contribution is 7.17. The minimum atomic E-state index is 0.201. The number of pyridine rings is 1. The van der Waals surface area contributed by atoms with Crippen LogP contribution in [-0.4, -0.2) is 23.2 Å². The SMILES string of the molecule is CC(CO)CNc1nccc2sccc12. The van der Waals surface area contributed by atoms with Crippen molar-refractivity contribution in [3.05, 3.63) is 23.7 Å². The fourth-order valence-electron chi connectivity index (χ4n) is 1.37. The van der Waals surface area contributed by atoms with Crippen molar-refractivity contribution in [1.29, 1.82) is 0 Å². The van der Waals surface area contributed by atoms with Gasteiger partial charge in [0.15, 0.2) is 0 Å². The normalized spacial score (nSPS) is 12.9. The van der Waals surface area contributed by atoms with Crippen LogP contribution in [0.1, 0.15) is 6.92 Å².